The molecule has 0 saturated heterocycles. The first-order chi connectivity index (χ1) is 8.29. The van der Waals surface area contributed by atoms with Crippen molar-refractivity contribution in [2.75, 3.05) is 7.11 Å². The molecule has 0 spiro atoms. The predicted octanol–water partition coefficient (Wildman–Crippen LogP) is 1.83. The number of rotatable bonds is 2. The van der Waals surface area contributed by atoms with E-state index in [0.717, 1.165) is 30.0 Å². The molecule has 1 heterocycles. The maximum absolute atomic E-state index is 6.00. The highest BCUT2D eigenvalue weighted by molar-refractivity contribution is 5.47. The van der Waals surface area contributed by atoms with E-state index in [9.17, 15) is 0 Å². The van der Waals surface area contributed by atoms with Crippen LogP contribution in [0, 0.1) is 0 Å². The molecule has 1 aliphatic rings. The van der Waals surface area contributed by atoms with Gasteiger partial charge in [0.25, 0.3) is 0 Å². The second kappa shape index (κ2) is 3.89. The van der Waals surface area contributed by atoms with Gasteiger partial charge in [0, 0.05) is 12.2 Å². The van der Waals surface area contributed by atoms with Crippen molar-refractivity contribution in [2.45, 2.75) is 18.9 Å². The van der Waals surface area contributed by atoms with Crippen molar-refractivity contribution in [1.29, 1.82) is 0 Å². The Bertz CT molecular complexity index is 547. The molecule has 0 bridgehead atoms. The standard InChI is InChI=1S/C13H15N3O/c1-17-12-5-3-2-4-11(12)16-8-9-6-7-10(14)13(9)15-16/h2-5,8,10H,6-7,14H2,1H3. The van der Waals surface area contributed by atoms with Crippen LogP contribution in [0.3, 0.4) is 0 Å². The zero-order valence-electron chi connectivity index (χ0n) is 9.76. The predicted molar refractivity (Wildman–Crippen MR) is 65.4 cm³/mol. The van der Waals surface area contributed by atoms with Gasteiger partial charge in [-0.15, -0.1) is 0 Å². The Morgan fingerprint density at radius 3 is 3.00 bits per heavy atom. The largest absolute Gasteiger partial charge is 0.494 e. The van der Waals surface area contributed by atoms with E-state index in [1.54, 1.807) is 7.11 Å². The van der Waals surface area contributed by atoms with Gasteiger partial charge in [0.1, 0.15) is 11.4 Å². The van der Waals surface area contributed by atoms with Crippen molar-refractivity contribution in [3.05, 3.63) is 41.7 Å². The molecule has 0 fully saturated rings. The minimum absolute atomic E-state index is 0.0842. The topological polar surface area (TPSA) is 53.1 Å². The Balaban J connectivity index is 2.07. The molecule has 1 aromatic carbocycles. The third-order valence-corrected chi connectivity index (χ3v) is 3.23. The van der Waals surface area contributed by atoms with E-state index in [1.165, 1.54) is 5.56 Å². The fourth-order valence-corrected chi connectivity index (χ4v) is 2.32. The van der Waals surface area contributed by atoms with Crippen LogP contribution in [-0.2, 0) is 6.42 Å². The molecule has 4 heteroatoms. The van der Waals surface area contributed by atoms with Gasteiger partial charge in [0.2, 0.25) is 0 Å². The van der Waals surface area contributed by atoms with Crippen LogP contribution in [-0.4, -0.2) is 16.9 Å². The van der Waals surface area contributed by atoms with Crippen molar-refractivity contribution in [2.24, 2.45) is 5.73 Å². The molecule has 0 saturated carbocycles. The first-order valence-electron chi connectivity index (χ1n) is 5.77. The first-order valence-corrected chi connectivity index (χ1v) is 5.77. The number of hydrogen-bond acceptors (Lipinski definition) is 3. The molecular formula is C13H15N3O. The molecule has 4 nitrogen and oxygen atoms in total. The van der Waals surface area contributed by atoms with E-state index < -0.39 is 0 Å². The minimum atomic E-state index is 0.0842. The maximum atomic E-state index is 6.00. The lowest BCUT2D eigenvalue weighted by Gasteiger charge is -2.08. The number of aromatic nitrogens is 2. The van der Waals surface area contributed by atoms with E-state index >= 15 is 0 Å². The third-order valence-electron chi connectivity index (χ3n) is 3.23. The van der Waals surface area contributed by atoms with E-state index in [1.807, 2.05) is 28.9 Å². The molecule has 1 aliphatic carbocycles. The number of nitrogens with zero attached hydrogens (tertiary/aromatic N) is 2. The lowest BCUT2D eigenvalue weighted by molar-refractivity contribution is 0.411. The SMILES string of the molecule is COc1ccccc1-n1cc2c(n1)C(N)CC2. The molecular weight excluding hydrogens is 214 g/mol. The summed E-state index contributed by atoms with van der Waals surface area (Å²) in [5.41, 5.74) is 9.23. The maximum Gasteiger partial charge on any atom is 0.144 e. The summed E-state index contributed by atoms with van der Waals surface area (Å²) < 4.78 is 7.20. The number of hydrogen-bond donors (Lipinski definition) is 1. The number of fused-ring (bicyclic) bond motifs is 1. The Morgan fingerprint density at radius 2 is 2.24 bits per heavy atom. The van der Waals surface area contributed by atoms with Crippen LogP contribution in [0.15, 0.2) is 30.5 Å². The van der Waals surface area contributed by atoms with Crippen molar-refractivity contribution < 1.29 is 4.74 Å². The van der Waals surface area contributed by atoms with Crippen molar-refractivity contribution in [3.63, 3.8) is 0 Å². The van der Waals surface area contributed by atoms with Crippen LogP contribution in [0.1, 0.15) is 23.7 Å². The quantitative estimate of drug-likeness (QED) is 0.854. The van der Waals surface area contributed by atoms with Gasteiger partial charge in [-0.2, -0.15) is 5.10 Å². The Hall–Kier alpha value is -1.81. The van der Waals surface area contributed by atoms with Crippen LogP contribution < -0.4 is 10.5 Å². The molecule has 0 aliphatic heterocycles. The van der Waals surface area contributed by atoms with Gasteiger partial charge in [-0.05, 0) is 30.5 Å². The lowest BCUT2D eigenvalue weighted by Crippen LogP contribution is -2.08. The molecule has 0 radical (unpaired) electrons. The van der Waals surface area contributed by atoms with Gasteiger partial charge in [-0.3, -0.25) is 0 Å². The molecule has 3 rings (SSSR count). The molecule has 1 atom stereocenters. The summed E-state index contributed by atoms with van der Waals surface area (Å²) >= 11 is 0. The average molecular weight is 229 g/mol. The monoisotopic (exact) mass is 229 g/mol. The lowest BCUT2D eigenvalue weighted by atomic mass is 10.3. The van der Waals surface area contributed by atoms with Gasteiger partial charge in [0.05, 0.1) is 12.8 Å². The van der Waals surface area contributed by atoms with Gasteiger partial charge < -0.3 is 10.5 Å². The van der Waals surface area contributed by atoms with E-state index in [4.69, 9.17) is 10.5 Å². The summed E-state index contributed by atoms with van der Waals surface area (Å²) in [6, 6.07) is 7.94. The zero-order valence-corrected chi connectivity index (χ0v) is 9.76. The van der Waals surface area contributed by atoms with Crippen LogP contribution in [0.25, 0.3) is 5.69 Å². The fourth-order valence-electron chi connectivity index (χ4n) is 2.32. The smallest absolute Gasteiger partial charge is 0.144 e. The summed E-state index contributed by atoms with van der Waals surface area (Å²) in [4.78, 5) is 0. The summed E-state index contributed by atoms with van der Waals surface area (Å²) in [6.07, 6.45) is 4.08. The van der Waals surface area contributed by atoms with Crippen molar-refractivity contribution >= 4 is 0 Å². The molecule has 1 unspecified atom stereocenters. The Kier molecular flexibility index (Phi) is 2.37. The molecule has 88 valence electrons. The summed E-state index contributed by atoms with van der Waals surface area (Å²) in [5, 5.41) is 4.56. The summed E-state index contributed by atoms with van der Waals surface area (Å²) in [5.74, 6) is 0.822. The normalized spacial score (nSPS) is 18.1. The number of ether oxygens (including phenoxy) is 1. The second-order valence-electron chi connectivity index (χ2n) is 4.30. The highest BCUT2D eigenvalue weighted by Gasteiger charge is 2.23. The highest BCUT2D eigenvalue weighted by Crippen LogP contribution is 2.30. The second-order valence-corrected chi connectivity index (χ2v) is 4.30. The zero-order chi connectivity index (χ0) is 11.8. The number of nitrogens with two attached hydrogens (primary N) is 1. The minimum Gasteiger partial charge on any atom is -0.494 e. The van der Waals surface area contributed by atoms with E-state index in [0.29, 0.717) is 0 Å². The fraction of sp³-hybridized carbons (Fsp3) is 0.308. The average Bonchev–Trinajstić information content (AvgIpc) is 2.92. The van der Waals surface area contributed by atoms with Crippen LogP contribution in [0.4, 0.5) is 0 Å². The van der Waals surface area contributed by atoms with E-state index in [2.05, 4.69) is 11.3 Å². The van der Waals surface area contributed by atoms with Gasteiger partial charge in [0.15, 0.2) is 0 Å². The van der Waals surface area contributed by atoms with Gasteiger partial charge in [-0.25, -0.2) is 4.68 Å². The Morgan fingerprint density at radius 1 is 1.41 bits per heavy atom. The van der Waals surface area contributed by atoms with Gasteiger partial charge in [-0.1, -0.05) is 12.1 Å². The molecule has 2 N–H and O–H groups in total. The summed E-state index contributed by atoms with van der Waals surface area (Å²) in [7, 11) is 1.67. The number of para-hydroxylation sites is 2. The first kappa shape index (κ1) is 10.4. The molecule has 0 amide bonds. The number of methoxy groups -OCH3 is 1. The van der Waals surface area contributed by atoms with Crippen LogP contribution in [0.5, 0.6) is 5.75 Å². The third kappa shape index (κ3) is 1.61. The van der Waals surface area contributed by atoms with Gasteiger partial charge >= 0.3 is 0 Å². The Labute approximate surface area is 100 Å². The number of aryl methyl sites for hydroxylation is 1. The number of benzene rings is 1. The molecule has 1 aromatic heterocycles. The van der Waals surface area contributed by atoms with E-state index in [-0.39, 0.29) is 6.04 Å². The summed E-state index contributed by atoms with van der Waals surface area (Å²) in [6.45, 7) is 0. The van der Waals surface area contributed by atoms with Crippen molar-refractivity contribution in [1.82, 2.24) is 9.78 Å². The van der Waals surface area contributed by atoms with Crippen LogP contribution >= 0.6 is 0 Å². The van der Waals surface area contributed by atoms with Crippen LogP contribution in [0.2, 0.25) is 0 Å². The van der Waals surface area contributed by atoms with Crippen molar-refractivity contribution in [3.8, 4) is 11.4 Å². The molecule has 17 heavy (non-hydrogen) atoms. The highest BCUT2D eigenvalue weighted by atomic mass is 16.5. The molecule has 2 aromatic rings.